The Labute approximate surface area is 95.8 Å². The van der Waals surface area contributed by atoms with Gasteiger partial charge in [0, 0.05) is 0 Å². The van der Waals surface area contributed by atoms with Gasteiger partial charge in [-0.2, -0.15) is 5.26 Å². The minimum absolute atomic E-state index is 0.278. The van der Waals surface area contributed by atoms with E-state index in [1.807, 2.05) is 37.3 Å². The molecule has 2 nitrogen and oxygen atoms in total. The first-order valence-corrected chi connectivity index (χ1v) is 4.84. The summed E-state index contributed by atoms with van der Waals surface area (Å²) < 4.78 is 5.53. The number of aryl methyl sites for hydroxylation is 1. The highest BCUT2D eigenvalue weighted by molar-refractivity contribution is 5.40. The third-order valence-electron chi connectivity index (χ3n) is 1.95. The molecule has 1 rings (SSSR count). The van der Waals surface area contributed by atoms with Crippen LogP contribution in [0, 0.1) is 18.3 Å². The van der Waals surface area contributed by atoms with Crippen molar-refractivity contribution >= 4 is 0 Å². The summed E-state index contributed by atoms with van der Waals surface area (Å²) in [6, 6.07) is 9.52. The van der Waals surface area contributed by atoms with Crippen LogP contribution in [0.5, 0.6) is 5.75 Å². The number of allylic oxidation sites excluding steroid dienone is 3. The number of ether oxygens (including phenoxy) is 1. The number of hydrogen-bond donors (Lipinski definition) is 0. The second-order valence-electron chi connectivity index (χ2n) is 3.27. The Balaban J connectivity index is 2.89. The number of rotatable bonds is 4. The van der Waals surface area contributed by atoms with Crippen molar-refractivity contribution in [3.05, 3.63) is 66.5 Å². The normalized spacial score (nSPS) is 10.4. The standard InChI is InChI=1S/C14H13NO/c1-4-5-14(12(3)10-15)16-13-8-6-11(2)7-9-13/h4-9H,1,3H2,2H3/b14-5+. The molecule has 0 saturated carbocycles. The second-order valence-corrected chi connectivity index (χ2v) is 3.27. The summed E-state index contributed by atoms with van der Waals surface area (Å²) in [4.78, 5) is 0. The fraction of sp³-hybridized carbons (Fsp3) is 0.0714. The van der Waals surface area contributed by atoms with Crippen molar-refractivity contribution in [3.8, 4) is 11.8 Å². The van der Waals surface area contributed by atoms with Crippen molar-refractivity contribution < 1.29 is 4.74 Å². The maximum atomic E-state index is 8.75. The highest BCUT2D eigenvalue weighted by Gasteiger charge is 2.03. The summed E-state index contributed by atoms with van der Waals surface area (Å²) in [5, 5.41) is 8.75. The fourth-order valence-corrected chi connectivity index (χ4v) is 1.09. The summed E-state index contributed by atoms with van der Waals surface area (Å²) >= 11 is 0. The lowest BCUT2D eigenvalue weighted by molar-refractivity contribution is 0.440. The molecule has 0 aromatic heterocycles. The van der Waals surface area contributed by atoms with E-state index in [-0.39, 0.29) is 5.57 Å². The first kappa shape index (κ1) is 11.8. The largest absolute Gasteiger partial charge is 0.456 e. The molecular formula is C14H13NO. The van der Waals surface area contributed by atoms with Crippen molar-refractivity contribution in [3.63, 3.8) is 0 Å². The van der Waals surface area contributed by atoms with Crippen LogP contribution in [0.1, 0.15) is 5.56 Å². The smallest absolute Gasteiger partial charge is 0.144 e. The molecule has 0 heterocycles. The Morgan fingerprint density at radius 2 is 2.00 bits per heavy atom. The number of hydrogen-bond acceptors (Lipinski definition) is 2. The molecule has 0 aliphatic rings. The van der Waals surface area contributed by atoms with E-state index >= 15 is 0 Å². The van der Waals surface area contributed by atoms with Gasteiger partial charge in [-0.05, 0) is 25.1 Å². The Kier molecular flexibility index (Phi) is 4.11. The highest BCUT2D eigenvalue weighted by Crippen LogP contribution is 2.18. The summed E-state index contributed by atoms with van der Waals surface area (Å²) in [6.45, 7) is 9.17. The zero-order valence-electron chi connectivity index (χ0n) is 9.23. The van der Waals surface area contributed by atoms with E-state index in [0.29, 0.717) is 11.5 Å². The second kappa shape index (κ2) is 5.57. The zero-order chi connectivity index (χ0) is 12.0. The van der Waals surface area contributed by atoms with Crippen molar-refractivity contribution in [1.82, 2.24) is 0 Å². The molecule has 0 atom stereocenters. The van der Waals surface area contributed by atoms with E-state index in [2.05, 4.69) is 13.2 Å². The van der Waals surface area contributed by atoms with Crippen LogP contribution in [-0.4, -0.2) is 0 Å². The third-order valence-corrected chi connectivity index (χ3v) is 1.95. The van der Waals surface area contributed by atoms with Gasteiger partial charge in [-0.25, -0.2) is 0 Å². The lowest BCUT2D eigenvalue weighted by atomic mass is 10.2. The van der Waals surface area contributed by atoms with Crippen LogP contribution in [0.2, 0.25) is 0 Å². The van der Waals surface area contributed by atoms with E-state index in [0.717, 1.165) is 5.56 Å². The molecule has 0 aliphatic heterocycles. The van der Waals surface area contributed by atoms with Crippen LogP contribution in [0.3, 0.4) is 0 Å². The predicted octanol–water partition coefficient (Wildman–Crippen LogP) is 3.52. The predicted molar refractivity (Wildman–Crippen MR) is 64.8 cm³/mol. The Bertz CT molecular complexity index is 461. The van der Waals surface area contributed by atoms with E-state index in [4.69, 9.17) is 10.00 Å². The van der Waals surface area contributed by atoms with Gasteiger partial charge in [-0.1, -0.05) is 36.9 Å². The minimum Gasteiger partial charge on any atom is -0.456 e. The molecular weight excluding hydrogens is 198 g/mol. The molecule has 0 unspecified atom stereocenters. The van der Waals surface area contributed by atoms with E-state index < -0.39 is 0 Å². The van der Waals surface area contributed by atoms with Gasteiger partial charge >= 0.3 is 0 Å². The molecule has 0 spiro atoms. The maximum Gasteiger partial charge on any atom is 0.144 e. The summed E-state index contributed by atoms with van der Waals surface area (Å²) in [7, 11) is 0. The Morgan fingerprint density at radius 3 is 2.50 bits per heavy atom. The fourth-order valence-electron chi connectivity index (χ4n) is 1.09. The summed E-state index contributed by atoms with van der Waals surface area (Å²) in [5.74, 6) is 1.09. The molecule has 0 bridgehead atoms. The average molecular weight is 211 g/mol. The van der Waals surface area contributed by atoms with Crippen LogP contribution in [0.15, 0.2) is 60.9 Å². The third kappa shape index (κ3) is 3.14. The van der Waals surface area contributed by atoms with Gasteiger partial charge in [-0.15, -0.1) is 0 Å². The minimum atomic E-state index is 0.278. The molecule has 0 aliphatic carbocycles. The highest BCUT2D eigenvalue weighted by atomic mass is 16.5. The van der Waals surface area contributed by atoms with Crippen LogP contribution in [0.4, 0.5) is 0 Å². The Morgan fingerprint density at radius 1 is 1.38 bits per heavy atom. The van der Waals surface area contributed by atoms with Gasteiger partial charge in [0.2, 0.25) is 0 Å². The van der Waals surface area contributed by atoms with Gasteiger partial charge in [0.25, 0.3) is 0 Å². The molecule has 80 valence electrons. The molecule has 1 aromatic carbocycles. The Hall–Kier alpha value is -2.27. The van der Waals surface area contributed by atoms with Crippen LogP contribution >= 0.6 is 0 Å². The average Bonchev–Trinajstić information content (AvgIpc) is 2.30. The molecule has 0 saturated heterocycles. The lowest BCUT2D eigenvalue weighted by Crippen LogP contribution is -1.96. The first-order chi connectivity index (χ1) is 7.67. The zero-order valence-corrected chi connectivity index (χ0v) is 9.23. The topological polar surface area (TPSA) is 33.0 Å². The van der Waals surface area contributed by atoms with E-state index in [1.54, 1.807) is 12.2 Å². The van der Waals surface area contributed by atoms with E-state index in [1.165, 1.54) is 0 Å². The van der Waals surface area contributed by atoms with Gasteiger partial charge in [-0.3, -0.25) is 0 Å². The molecule has 16 heavy (non-hydrogen) atoms. The quantitative estimate of drug-likeness (QED) is 0.433. The molecule has 0 fully saturated rings. The van der Waals surface area contributed by atoms with Crippen LogP contribution < -0.4 is 4.74 Å². The van der Waals surface area contributed by atoms with Gasteiger partial charge in [0.15, 0.2) is 0 Å². The monoisotopic (exact) mass is 211 g/mol. The van der Waals surface area contributed by atoms with E-state index in [9.17, 15) is 0 Å². The number of benzene rings is 1. The van der Waals surface area contributed by atoms with Crippen molar-refractivity contribution in [2.45, 2.75) is 6.92 Å². The van der Waals surface area contributed by atoms with Gasteiger partial charge in [0.1, 0.15) is 17.6 Å². The van der Waals surface area contributed by atoms with Crippen molar-refractivity contribution in [2.24, 2.45) is 0 Å². The van der Waals surface area contributed by atoms with Gasteiger partial charge in [0.05, 0.1) is 5.57 Å². The molecule has 1 aromatic rings. The molecule has 0 amide bonds. The van der Waals surface area contributed by atoms with Gasteiger partial charge < -0.3 is 4.74 Å². The maximum absolute atomic E-state index is 8.75. The van der Waals surface area contributed by atoms with Crippen LogP contribution in [0.25, 0.3) is 0 Å². The number of nitrogens with zero attached hydrogens (tertiary/aromatic N) is 1. The molecule has 2 heteroatoms. The lowest BCUT2D eigenvalue weighted by Gasteiger charge is -2.07. The number of nitriles is 1. The summed E-state index contributed by atoms with van der Waals surface area (Å²) in [6.07, 6.45) is 3.18. The van der Waals surface area contributed by atoms with Crippen molar-refractivity contribution in [1.29, 1.82) is 5.26 Å². The van der Waals surface area contributed by atoms with Crippen LogP contribution in [-0.2, 0) is 0 Å². The molecule has 0 radical (unpaired) electrons. The first-order valence-electron chi connectivity index (χ1n) is 4.84. The van der Waals surface area contributed by atoms with Crippen molar-refractivity contribution in [2.75, 3.05) is 0 Å². The summed E-state index contributed by atoms with van der Waals surface area (Å²) in [5.41, 5.74) is 1.43. The molecule has 0 N–H and O–H groups in total. The SMILES string of the molecule is C=C/C=C(/Oc1ccc(C)cc1)C(=C)C#N.